The van der Waals surface area contributed by atoms with Gasteiger partial charge in [0.15, 0.2) is 5.82 Å². The Bertz CT molecular complexity index is 928. The molecule has 3 heterocycles. The fraction of sp³-hybridized carbons (Fsp3) is 0.438. The maximum Gasteiger partial charge on any atom is 0.272 e. The Labute approximate surface area is 148 Å². The van der Waals surface area contributed by atoms with Gasteiger partial charge in [-0.05, 0) is 45.0 Å². The van der Waals surface area contributed by atoms with Crippen molar-refractivity contribution in [2.45, 2.75) is 32.7 Å². The Morgan fingerprint density at radius 3 is 2.76 bits per heavy atom. The number of fused-ring (bicyclic) bond motifs is 1. The zero-order valence-corrected chi connectivity index (χ0v) is 14.7. The predicted molar refractivity (Wildman–Crippen MR) is 94.6 cm³/mol. The van der Waals surface area contributed by atoms with E-state index < -0.39 is 0 Å². The molecule has 0 amide bonds. The van der Waals surface area contributed by atoms with E-state index in [0.29, 0.717) is 5.56 Å². The maximum atomic E-state index is 11.0. The third-order valence-corrected chi connectivity index (χ3v) is 5.46. The molecule has 8 nitrogen and oxygen atoms in total. The molecule has 4 rings (SSSR count). The number of aromatic nitrogens is 4. The summed E-state index contributed by atoms with van der Waals surface area (Å²) in [6.07, 6.45) is 3.75. The molecule has 1 aromatic carbocycles. The highest BCUT2D eigenvalue weighted by Gasteiger charge is 2.18. The standard InChI is InChI=1S/C16H18N6O2S/c1-11-9-12(5-6-13(11)22(23)24)15-19-21-14(17-18-16(21)25-15)10-20-7-3-2-4-8-20/h5-6,9H,2-4,7-8,10H2,1H3. The number of nitro groups is 1. The molecule has 3 aromatic rings. The van der Waals surface area contributed by atoms with Crippen LogP contribution in [0.4, 0.5) is 5.69 Å². The van der Waals surface area contributed by atoms with Crippen molar-refractivity contribution < 1.29 is 4.92 Å². The minimum atomic E-state index is -0.367. The Kier molecular flexibility index (Phi) is 4.18. The van der Waals surface area contributed by atoms with Gasteiger partial charge in [0.25, 0.3) is 5.69 Å². The SMILES string of the molecule is Cc1cc(-c2nn3c(CN4CCCCC4)nnc3s2)ccc1[N+](=O)[O-]. The van der Waals surface area contributed by atoms with Crippen LogP contribution < -0.4 is 0 Å². The molecule has 0 unspecified atom stereocenters. The number of hydrogen-bond acceptors (Lipinski definition) is 7. The van der Waals surface area contributed by atoms with Crippen molar-refractivity contribution in [1.82, 2.24) is 24.7 Å². The molecule has 0 saturated carbocycles. The first kappa shape index (κ1) is 16.1. The summed E-state index contributed by atoms with van der Waals surface area (Å²) in [4.78, 5) is 13.7. The summed E-state index contributed by atoms with van der Waals surface area (Å²) in [5.41, 5.74) is 1.61. The largest absolute Gasteiger partial charge is 0.296 e. The van der Waals surface area contributed by atoms with E-state index in [4.69, 9.17) is 0 Å². The van der Waals surface area contributed by atoms with E-state index in [1.165, 1.54) is 36.7 Å². The molecule has 130 valence electrons. The van der Waals surface area contributed by atoms with Gasteiger partial charge in [-0.25, -0.2) is 0 Å². The molecule has 0 spiro atoms. The lowest BCUT2D eigenvalue weighted by Gasteiger charge is -2.25. The van der Waals surface area contributed by atoms with Crippen LogP contribution >= 0.6 is 11.3 Å². The molecule has 0 N–H and O–H groups in total. The van der Waals surface area contributed by atoms with E-state index in [9.17, 15) is 10.1 Å². The van der Waals surface area contributed by atoms with Crippen LogP contribution in [0.3, 0.4) is 0 Å². The normalized spacial score (nSPS) is 15.7. The van der Waals surface area contributed by atoms with Gasteiger partial charge < -0.3 is 0 Å². The highest BCUT2D eigenvalue weighted by atomic mass is 32.1. The van der Waals surface area contributed by atoms with Gasteiger partial charge in [-0.2, -0.15) is 9.61 Å². The van der Waals surface area contributed by atoms with Crippen LogP contribution in [-0.4, -0.2) is 42.7 Å². The van der Waals surface area contributed by atoms with E-state index >= 15 is 0 Å². The molecule has 0 bridgehead atoms. The number of aryl methyl sites for hydroxylation is 1. The molecule has 25 heavy (non-hydrogen) atoms. The maximum absolute atomic E-state index is 11.0. The molecule has 0 aliphatic carbocycles. The van der Waals surface area contributed by atoms with Crippen molar-refractivity contribution in [2.75, 3.05) is 13.1 Å². The highest BCUT2D eigenvalue weighted by Crippen LogP contribution is 2.29. The lowest BCUT2D eigenvalue weighted by Crippen LogP contribution is -2.30. The zero-order valence-electron chi connectivity index (χ0n) is 13.9. The number of benzene rings is 1. The number of nitrogens with zero attached hydrogens (tertiary/aromatic N) is 6. The molecule has 1 aliphatic rings. The highest BCUT2D eigenvalue weighted by molar-refractivity contribution is 7.19. The van der Waals surface area contributed by atoms with Crippen LogP contribution in [0.5, 0.6) is 0 Å². The molecule has 0 atom stereocenters. The average Bonchev–Trinajstić information content (AvgIpc) is 3.17. The van der Waals surface area contributed by atoms with E-state index in [2.05, 4.69) is 20.2 Å². The van der Waals surface area contributed by atoms with Gasteiger partial charge in [0.2, 0.25) is 4.96 Å². The summed E-state index contributed by atoms with van der Waals surface area (Å²) in [6, 6.07) is 5.07. The van der Waals surface area contributed by atoms with E-state index in [1.54, 1.807) is 23.6 Å². The van der Waals surface area contributed by atoms with Gasteiger partial charge >= 0.3 is 0 Å². The fourth-order valence-corrected chi connectivity index (χ4v) is 4.04. The topological polar surface area (TPSA) is 89.5 Å². The Hall–Kier alpha value is -2.39. The Morgan fingerprint density at radius 1 is 1.24 bits per heavy atom. The molecular formula is C16H18N6O2S. The summed E-state index contributed by atoms with van der Waals surface area (Å²) in [7, 11) is 0. The van der Waals surface area contributed by atoms with Gasteiger partial charge in [-0.15, -0.1) is 10.2 Å². The van der Waals surface area contributed by atoms with E-state index in [0.717, 1.165) is 41.0 Å². The molecule has 9 heteroatoms. The summed E-state index contributed by atoms with van der Waals surface area (Å²) in [5.74, 6) is 0.845. The van der Waals surface area contributed by atoms with Crippen molar-refractivity contribution in [1.29, 1.82) is 0 Å². The van der Waals surface area contributed by atoms with Gasteiger partial charge in [0, 0.05) is 17.2 Å². The summed E-state index contributed by atoms with van der Waals surface area (Å²) in [6.45, 7) is 4.67. The van der Waals surface area contributed by atoms with Crippen LogP contribution in [-0.2, 0) is 6.54 Å². The van der Waals surface area contributed by atoms with E-state index in [-0.39, 0.29) is 10.6 Å². The lowest BCUT2D eigenvalue weighted by atomic mass is 10.1. The zero-order chi connectivity index (χ0) is 17.4. The van der Waals surface area contributed by atoms with Gasteiger partial charge in [0.1, 0.15) is 5.01 Å². The van der Waals surface area contributed by atoms with Crippen LogP contribution in [0.1, 0.15) is 30.7 Å². The lowest BCUT2D eigenvalue weighted by molar-refractivity contribution is -0.385. The molecule has 1 aliphatic heterocycles. The average molecular weight is 358 g/mol. The van der Waals surface area contributed by atoms with Crippen LogP contribution in [0.25, 0.3) is 15.5 Å². The minimum absolute atomic E-state index is 0.123. The van der Waals surface area contributed by atoms with Crippen molar-refractivity contribution in [3.8, 4) is 10.6 Å². The summed E-state index contributed by atoms with van der Waals surface area (Å²) >= 11 is 1.45. The first-order valence-electron chi connectivity index (χ1n) is 8.31. The number of rotatable bonds is 4. The second-order valence-electron chi connectivity index (χ2n) is 6.31. The third-order valence-electron chi connectivity index (χ3n) is 4.51. The minimum Gasteiger partial charge on any atom is -0.296 e. The summed E-state index contributed by atoms with van der Waals surface area (Å²) in [5, 5.41) is 24.9. The second-order valence-corrected chi connectivity index (χ2v) is 7.27. The number of likely N-dealkylation sites (tertiary alicyclic amines) is 1. The van der Waals surface area contributed by atoms with E-state index in [1.807, 2.05) is 0 Å². The van der Waals surface area contributed by atoms with Crippen LogP contribution in [0, 0.1) is 17.0 Å². The van der Waals surface area contributed by atoms with Crippen LogP contribution in [0.2, 0.25) is 0 Å². The number of hydrogen-bond donors (Lipinski definition) is 0. The first-order chi connectivity index (χ1) is 12.1. The third kappa shape index (κ3) is 3.12. The van der Waals surface area contributed by atoms with Gasteiger partial charge in [0.05, 0.1) is 11.5 Å². The monoisotopic (exact) mass is 358 g/mol. The predicted octanol–water partition coefficient (Wildman–Crippen LogP) is 3.06. The number of piperidine rings is 1. The molecule has 1 saturated heterocycles. The Balaban J connectivity index is 1.63. The van der Waals surface area contributed by atoms with Gasteiger partial charge in [-0.3, -0.25) is 15.0 Å². The second kappa shape index (κ2) is 6.49. The quantitative estimate of drug-likeness (QED) is 0.526. The summed E-state index contributed by atoms with van der Waals surface area (Å²) < 4.78 is 1.80. The molecule has 2 aromatic heterocycles. The fourth-order valence-electron chi connectivity index (χ4n) is 3.18. The first-order valence-corrected chi connectivity index (χ1v) is 9.12. The number of nitro benzene ring substituents is 1. The van der Waals surface area contributed by atoms with Crippen molar-refractivity contribution in [2.24, 2.45) is 0 Å². The molecular weight excluding hydrogens is 340 g/mol. The smallest absolute Gasteiger partial charge is 0.272 e. The Morgan fingerprint density at radius 2 is 2.04 bits per heavy atom. The van der Waals surface area contributed by atoms with Crippen molar-refractivity contribution in [3.05, 3.63) is 39.7 Å². The van der Waals surface area contributed by atoms with Crippen molar-refractivity contribution in [3.63, 3.8) is 0 Å². The van der Waals surface area contributed by atoms with Gasteiger partial charge in [-0.1, -0.05) is 17.8 Å². The molecule has 0 radical (unpaired) electrons. The molecule has 1 fully saturated rings. The van der Waals surface area contributed by atoms with Crippen LogP contribution in [0.15, 0.2) is 18.2 Å². The van der Waals surface area contributed by atoms with Crippen molar-refractivity contribution >= 4 is 22.0 Å².